The summed E-state index contributed by atoms with van der Waals surface area (Å²) in [5.74, 6) is -0.512. The molecule has 1 heterocycles. The van der Waals surface area contributed by atoms with Crippen molar-refractivity contribution >= 4 is 46.9 Å². The number of methoxy groups -OCH3 is 1. The number of nitrogens with one attached hydrogen (secondary N) is 2. The van der Waals surface area contributed by atoms with Crippen molar-refractivity contribution in [1.29, 1.82) is 0 Å². The van der Waals surface area contributed by atoms with Crippen LogP contribution in [0.15, 0.2) is 41.8 Å². The number of halogens is 1. The number of ether oxygens (including phenoxy) is 1. The lowest BCUT2D eigenvalue weighted by molar-refractivity contribution is -0.118. The van der Waals surface area contributed by atoms with Gasteiger partial charge in [0, 0.05) is 12.0 Å². The van der Waals surface area contributed by atoms with Crippen LogP contribution in [0.3, 0.4) is 0 Å². The van der Waals surface area contributed by atoms with E-state index in [9.17, 15) is 9.59 Å². The second-order valence-corrected chi connectivity index (χ2v) is 5.93. The van der Waals surface area contributed by atoms with E-state index in [0.29, 0.717) is 17.8 Å². The second-order valence-electron chi connectivity index (χ2n) is 4.90. The molecule has 0 aliphatic rings. The number of hydrogen-bond acceptors (Lipinski definition) is 5. The van der Waals surface area contributed by atoms with Gasteiger partial charge in [-0.05, 0) is 23.6 Å². The number of amides is 2. The fourth-order valence-corrected chi connectivity index (χ4v) is 2.65. The highest BCUT2D eigenvalue weighted by Gasteiger charge is 2.15. The first-order chi connectivity index (χ1) is 11.1. The van der Waals surface area contributed by atoms with Crippen molar-refractivity contribution in [3.05, 3.63) is 46.7 Å². The molecule has 8 heteroatoms. The molecule has 1 unspecified atom stereocenters. The number of rotatable bonds is 7. The maximum absolute atomic E-state index is 12.1. The first kappa shape index (κ1) is 20.1. The molecule has 0 aliphatic carbocycles. The first-order valence-electron chi connectivity index (χ1n) is 7.07. The van der Waals surface area contributed by atoms with Gasteiger partial charge in [0.15, 0.2) is 0 Å². The standard InChI is InChI=1S/C16H19N3O3S.ClH/c1-22-10-12(17)16(21)19-14-7-3-2-6-13(14)18-15(20)9-11-5-4-8-23-11;/h2-8,12H,9-10,17H2,1H3,(H,18,20)(H,19,21);1H. The summed E-state index contributed by atoms with van der Waals surface area (Å²) in [6.45, 7) is 0.124. The van der Waals surface area contributed by atoms with E-state index in [1.807, 2.05) is 17.5 Å². The van der Waals surface area contributed by atoms with Crippen molar-refractivity contribution in [2.45, 2.75) is 12.5 Å². The highest BCUT2D eigenvalue weighted by Crippen LogP contribution is 2.21. The fraction of sp³-hybridized carbons (Fsp3) is 0.250. The zero-order valence-corrected chi connectivity index (χ0v) is 14.8. The molecule has 0 saturated heterocycles. The van der Waals surface area contributed by atoms with Crippen LogP contribution < -0.4 is 16.4 Å². The van der Waals surface area contributed by atoms with Crippen LogP contribution in [0.2, 0.25) is 0 Å². The first-order valence-corrected chi connectivity index (χ1v) is 7.94. The highest BCUT2D eigenvalue weighted by molar-refractivity contribution is 7.10. The Balaban J connectivity index is 0.00000288. The van der Waals surface area contributed by atoms with Gasteiger partial charge in [0.2, 0.25) is 11.8 Å². The summed E-state index contributed by atoms with van der Waals surface area (Å²) in [5, 5.41) is 7.43. The Morgan fingerprint density at radius 2 is 1.83 bits per heavy atom. The Morgan fingerprint density at radius 1 is 1.17 bits per heavy atom. The van der Waals surface area contributed by atoms with Gasteiger partial charge in [0.25, 0.3) is 0 Å². The number of hydrogen-bond donors (Lipinski definition) is 3. The average Bonchev–Trinajstić information content (AvgIpc) is 3.02. The third-order valence-electron chi connectivity index (χ3n) is 3.06. The molecule has 4 N–H and O–H groups in total. The van der Waals surface area contributed by atoms with Crippen LogP contribution in [0.4, 0.5) is 11.4 Å². The van der Waals surface area contributed by atoms with Crippen LogP contribution in [0, 0.1) is 0 Å². The van der Waals surface area contributed by atoms with Crippen molar-refractivity contribution in [2.75, 3.05) is 24.4 Å². The largest absolute Gasteiger partial charge is 0.383 e. The minimum absolute atomic E-state index is 0. The maximum atomic E-state index is 12.1. The zero-order valence-electron chi connectivity index (χ0n) is 13.2. The molecule has 0 aliphatic heterocycles. The number of anilines is 2. The number of carbonyl (C=O) groups is 2. The van der Waals surface area contributed by atoms with Crippen molar-refractivity contribution in [3.8, 4) is 0 Å². The zero-order chi connectivity index (χ0) is 16.7. The van der Waals surface area contributed by atoms with E-state index in [-0.39, 0.29) is 30.8 Å². The fourth-order valence-electron chi connectivity index (χ4n) is 1.95. The summed E-state index contributed by atoms with van der Waals surface area (Å²) in [4.78, 5) is 25.0. The van der Waals surface area contributed by atoms with E-state index in [4.69, 9.17) is 10.5 Å². The highest BCUT2D eigenvalue weighted by atomic mass is 35.5. The molecular formula is C16H20ClN3O3S. The van der Waals surface area contributed by atoms with Gasteiger partial charge in [-0.1, -0.05) is 18.2 Å². The summed E-state index contributed by atoms with van der Waals surface area (Å²) in [5.41, 5.74) is 6.73. The van der Waals surface area contributed by atoms with Gasteiger partial charge in [-0.25, -0.2) is 0 Å². The van der Waals surface area contributed by atoms with Gasteiger partial charge in [-0.15, -0.1) is 23.7 Å². The van der Waals surface area contributed by atoms with Gasteiger partial charge in [0.1, 0.15) is 6.04 Å². The predicted molar refractivity (Wildman–Crippen MR) is 98.8 cm³/mol. The molecule has 1 aromatic heterocycles. The van der Waals surface area contributed by atoms with E-state index < -0.39 is 6.04 Å². The molecule has 2 rings (SSSR count). The molecule has 6 nitrogen and oxygen atoms in total. The molecule has 0 bridgehead atoms. The minimum atomic E-state index is -0.769. The molecular weight excluding hydrogens is 350 g/mol. The lowest BCUT2D eigenvalue weighted by atomic mass is 10.2. The monoisotopic (exact) mass is 369 g/mol. The summed E-state index contributed by atoms with van der Waals surface area (Å²) >= 11 is 1.53. The maximum Gasteiger partial charge on any atom is 0.243 e. The van der Waals surface area contributed by atoms with Crippen LogP contribution in [0.5, 0.6) is 0 Å². The Kier molecular flexibility index (Phi) is 8.42. The molecule has 130 valence electrons. The number of carbonyl (C=O) groups excluding carboxylic acids is 2. The van der Waals surface area contributed by atoms with Crippen LogP contribution >= 0.6 is 23.7 Å². The van der Waals surface area contributed by atoms with Crippen molar-refractivity contribution in [1.82, 2.24) is 0 Å². The van der Waals surface area contributed by atoms with Crippen LogP contribution in [0.25, 0.3) is 0 Å². The Morgan fingerprint density at radius 3 is 2.42 bits per heavy atom. The Bertz CT molecular complexity index is 664. The molecule has 0 saturated carbocycles. The summed E-state index contributed by atoms with van der Waals surface area (Å²) in [6, 6.07) is 10.0. The van der Waals surface area contributed by atoms with Crippen LogP contribution in [-0.2, 0) is 20.7 Å². The van der Waals surface area contributed by atoms with Gasteiger partial charge in [-0.2, -0.15) is 0 Å². The summed E-state index contributed by atoms with van der Waals surface area (Å²) < 4.78 is 4.86. The molecule has 1 aromatic carbocycles. The number of thiophene rings is 1. The normalized spacial score (nSPS) is 11.2. The van der Waals surface area contributed by atoms with E-state index in [1.54, 1.807) is 24.3 Å². The molecule has 2 aromatic rings. The SMILES string of the molecule is COCC(N)C(=O)Nc1ccccc1NC(=O)Cc1cccs1.Cl. The quantitative estimate of drug-likeness (QED) is 0.697. The van der Waals surface area contributed by atoms with E-state index in [2.05, 4.69) is 10.6 Å². The topological polar surface area (TPSA) is 93.4 Å². The summed E-state index contributed by atoms with van der Waals surface area (Å²) in [7, 11) is 1.48. The van der Waals surface area contributed by atoms with E-state index in [1.165, 1.54) is 18.4 Å². The lowest BCUT2D eigenvalue weighted by Crippen LogP contribution is -2.39. The molecule has 0 spiro atoms. The van der Waals surface area contributed by atoms with E-state index in [0.717, 1.165) is 4.88 Å². The molecule has 24 heavy (non-hydrogen) atoms. The smallest absolute Gasteiger partial charge is 0.243 e. The molecule has 2 amide bonds. The Labute approximate surface area is 150 Å². The van der Waals surface area contributed by atoms with Gasteiger partial charge in [0.05, 0.1) is 24.4 Å². The van der Waals surface area contributed by atoms with Gasteiger partial charge in [-0.3, -0.25) is 9.59 Å². The third-order valence-corrected chi connectivity index (χ3v) is 3.93. The van der Waals surface area contributed by atoms with Crippen molar-refractivity contribution in [2.24, 2.45) is 5.73 Å². The minimum Gasteiger partial charge on any atom is -0.383 e. The second kappa shape index (κ2) is 10.0. The molecule has 1 atom stereocenters. The van der Waals surface area contributed by atoms with Crippen LogP contribution in [-0.4, -0.2) is 31.6 Å². The summed E-state index contributed by atoms with van der Waals surface area (Å²) in [6.07, 6.45) is 0.295. The lowest BCUT2D eigenvalue weighted by Gasteiger charge is -2.15. The number of nitrogens with two attached hydrogens (primary N) is 1. The predicted octanol–water partition coefficient (Wildman–Crippen LogP) is 2.26. The van der Waals surface area contributed by atoms with Crippen molar-refractivity contribution in [3.63, 3.8) is 0 Å². The Hall–Kier alpha value is -1.93. The van der Waals surface area contributed by atoms with Crippen molar-refractivity contribution < 1.29 is 14.3 Å². The third kappa shape index (κ3) is 5.93. The van der Waals surface area contributed by atoms with Gasteiger partial charge >= 0.3 is 0 Å². The number of benzene rings is 1. The number of para-hydroxylation sites is 2. The van der Waals surface area contributed by atoms with Gasteiger partial charge < -0.3 is 21.1 Å². The molecule has 0 fully saturated rings. The average molecular weight is 370 g/mol. The van der Waals surface area contributed by atoms with Crippen LogP contribution in [0.1, 0.15) is 4.88 Å². The molecule has 0 radical (unpaired) electrons. The van der Waals surface area contributed by atoms with E-state index >= 15 is 0 Å².